The first-order valence-electron chi connectivity index (χ1n) is 6.36. The van der Waals surface area contributed by atoms with E-state index in [2.05, 4.69) is 15.3 Å². The van der Waals surface area contributed by atoms with E-state index in [1.54, 1.807) is 30.5 Å². The summed E-state index contributed by atoms with van der Waals surface area (Å²) in [6.45, 7) is 1.67. The van der Waals surface area contributed by atoms with Gasteiger partial charge in [-0.2, -0.15) is 5.10 Å². The van der Waals surface area contributed by atoms with Gasteiger partial charge >= 0.3 is 5.97 Å². The lowest BCUT2D eigenvalue weighted by atomic mass is 10.1. The quantitative estimate of drug-likeness (QED) is 0.520. The highest BCUT2D eigenvalue weighted by Gasteiger charge is 2.13. The number of esters is 1. The van der Waals surface area contributed by atoms with Crippen molar-refractivity contribution in [1.29, 1.82) is 0 Å². The topological polar surface area (TPSA) is 59.9 Å². The van der Waals surface area contributed by atoms with Crippen LogP contribution in [0.3, 0.4) is 0 Å². The lowest BCUT2D eigenvalue weighted by Crippen LogP contribution is -2.05. The van der Waals surface area contributed by atoms with Crippen molar-refractivity contribution in [3.05, 3.63) is 45.9 Å². The first kappa shape index (κ1) is 16.0. The zero-order valence-electron chi connectivity index (χ0n) is 12.3. The Morgan fingerprint density at radius 3 is 2.73 bits per heavy atom. The van der Waals surface area contributed by atoms with Gasteiger partial charge in [0.15, 0.2) is 0 Å². The first-order chi connectivity index (χ1) is 10.6. The van der Waals surface area contributed by atoms with Crippen LogP contribution in [0, 0.1) is 5.82 Å². The lowest BCUT2D eigenvalue weighted by molar-refractivity contribution is 0.0607. The van der Waals surface area contributed by atoms with Crippen LogP contribution in [0.1, 0.15) is 22.2 Å². The molecule has 116 valence electrons. The summed E-state index contributed by atoms with van der Waals surface area (Å²) in [4.78, 5) is 12.0. The molecule has 2 rings (SSSR count). The van der Waals surface area contributed by atoms with Crippen molar-refractivity contribution >= 4 is 28.7 Å². The fourth-order valence-electron chi connectivity index (χ4n) is 1.77. The molecule has 5 nitrogen and oxygen atoms in total. The Hall–Kier alpha value is -2.41. The fourth-order valence-corrected chi connectivity index (χ4v) is 2.53. The summed E-state index contributed by atoms with van der Waals surface area (Å²) in [5.74, 6) is -0.435. The van der Waals surface area contributed by atoms with Gasteiger partial charge in [0.2, 0.25) is 0 Å². The number of thiophene rings is 1. The molecule has 0 amide bonds. The third-order valence-corrected chi connectivity index (χ3v) is 3.84. The molecule has 0 aliphatic heterocycles. The third-order valence-electron chi connectivity index (χ3n) is 2.95. The van der Waals surface area contributed by atoms with Crippen molar-refractivity contribution in [3.63, 3.8) is 0 Å². The molecule has 0 saturated carbocycles. The monoisotopic (exact) mass is 322 g/mol. The number of hydrogen-bond donors (Lipinski definition) is 1. The molecule has 0 saturated heterocycles. The van der Waals surface area contributed by atoms with E-state index < -0.39 is 11.8 Å². The molecule has 1 N–H and O–H groups in total. The SMILES string of the molecule is COC(=O)c1sccc1N/N=C(/C)c1ccc(OC)cc1F. The number of hydrogen-bond acceptors (Lipinski definition) is 6. The van der Waals surface area contributed by atoms with Crippen molar-refractivity contribution < 1.29 is 18.7 Å². The van der Waals surface area contributed by atoms with Crippen LogP contribution >= 0.6 is 11.3 Å². The molecule has 22 heavy (non-hydrogen) atoms. The van der Waals surface area contributed by atoms with Gasteiger partial charge in [-0.15, -0.1) is 11.3 Å². The molecule has 1 aromatic heterocycles. The molecular weight excluding hydrogens is 307 g/mol. The summed E-state index contributed by atoms with van der Waals surface area (Å²) in [5, 5.41) is 5.86. The average molecular weight is 322 g/mol. The van der Waals surface area contributed by atoms with E-state index in [1.165, 1.54) is 31.6 Å². The number of hydrazone groups is 1. The highest BCUT2D eigenvalue weighted by atomic mass is 32.1. The van der Waals surface area contributed by atoms with Gasteiger partial charge in [0, 0.05) is 11.6 Å². The van der Waals surface area contributed by atoms with E-state index in [-0.39, 0.29) is 0 Å². The molecule has 0 bridgehead atoms. The Balaban J connectivity index is 2.20. The second-order valence-electron chi connectivity index (χ2n) is 4.31. The van der Waals surface area contributed by atoms with E-state index in [0.29, 0.717) is 27.6 Å². The molecule has 0 aliphatic rings. The summed E-state index contributed by atoms with van der Waals surface area (Å²) in [5.41, 5.74) is 4.08. The second-order valence-corrected chi connectivity index (χ2v) is 5.23. The maximum absolute atomic E-state index is 14.0. The summed E-state index contributed by atoms with van der Waals surface area (Å²) >= 11 is 1.24. The molecule has 0 radical (unpaired) electrons. The largest absolute Gasteiger partial charge is 0.497 e. The minimum absolute atomic E-state index is 0.350. The predicted molar refractivity (Wildman–Crippen MR) is 84.4 cm³/mol. The second kappa shape index (κ2) is 7.04. The van der Waals surface area contributed by atoms with Gasteiger partial charge in [-0.05, 0) is 30.5 Å². The van der Waals surface area contributed by atoms with Gasteiger partial charge in [-0.3, -0.25) is 5.43 Å². The van der Waals surface area contributed by atoms with Gasteiger partial charge in [0.1, 0.15) is 16.4 Å². The molecule has 1 heterocycles. The van der Waals surface area contributed by atoms with E-state index in [1.807, 2.05) is 0 Å². The number of ether oxygens (including phenoxy) is 2. The minimum atomic E-state index is -0.444. The van der Waals surface area contributed by atoms with Crippen LogP contribution in [0.4, 0.5) is 10.1 Å². The van der Waals surface area contributed by atoms with Gasteiger partial charge in [-0.25, -0.2) is 9.18 Å². The number of anilines is 1. The number of carbonyl (C=O) groups excluding carboxylic acids is 1. The summed E-state index contributed by atoms with van der Waals surface area (Å²) in [7, 11) is 2.79. The van der Waals surface area contributed by atoms with Crippen LogP contribution in [0.5, 0.6) is 5.75 Å². The lowest BCUT2D eigenvalue weighted by Gasteiger charge is -2.06. The normalized spacial score (nSPS) is 11.2. The maximum Gasteiger partial charge on any atom is 0.350 e. The summed E-state index contributed by atoms with van der Waals surface area (Å²) < 4.78 is 23.6. The molecule has 1 aromatic carbocycles. The standard InChI is InChI=1S/C15H15FN2O3S/c1-9(11-5-4-10(20-2)8-12(11)16)17-18-13-6-7-22-14(13)15(19)21-3/h4-8,18H,1-3H3/b17-9-. The number of carbonyl (C=O) groups is 1. The van der Waals surface area contributed by atoms with E-state index in [4.69, 9.17) is 4.74 Å². The van der Waals surface area contributed by atoms with E-state index >= 15 is 0 Å². The molecule has 0 atom stereocenters. The van der Waals surface area contributed by atoms with Crippen molar-refractivity contribution in [3.8, 4) is 5.75 Å². The molecule has 0 aliphatic carbocycles. The molecule has 0 fully saturated rings. The van der Waals surface area contributed by atoms with Gasteiger partial charge in [0.25, 0.3) is 0 Å². The van der Waals surface area contributed by atoms with Crippen LogP contribution in [0.2, 0.25) is 0 Å². The molecular formula is C15H15FN2O3S. The molecule has 7 heteroatoms. The highest BCUT2D eigenvalue weighted by molar-refractivity contribution is 7.12. The molecule has 0 spiro atoms. The van der Waals surface area contributed by atoms with Crippen LogP contribution < -0.4 is 10.2 Å². The molecule has 2 aromatic rings. The summed E-state index contributed by atoms with van der Waals surface area (Å²) in [6.07, 6.45) is 0. The number of rotatable bonds is 5. The third kappa shape index (κ3) is 3.43. The number of nitrogens with zero attached hydrogens (tertiary/aromatic N) is 1. The van der Waals surface area contributed by atoms with Crippen LogP contribution in [0.25, 0.3) is 0 Å². The van der Waals surface area contributed by atoms with Crippen LogP contribution in [-0.2, 0) is 4.74 Å². The van der Waals surface area contributed by atoms with Crippen LogP contribution in [-0.4, -0.2) is 25.9 Å². The van der Waals surface area contributed by atoms with Crippen molar-refractivity contribution in [1.82, 2.24) is 0 Å². The van der Waals surface area contributed by atoms with Crippen molar-refractivity contribution in [2.24, 2.45) is 5.10 Å². The highest BCUT2D eigenvalue weighted by Crippen LogP contribution is 2.23. The average Bonchev–Trinajstić information content (AvgIpc) is 3.00. The number of nitrogens with one attached hydrogen (secondary N) is 1. The van der Waals surface area contributed by atoms with Gasteiger partial charge in [0.05, 0.1) is 25.6 Å². The minimum Gasteiger partial charge on any atom is -0.497 e. The van der Waals surface area contributed by atoms with E-state index in [9.17, 15) is 9.18 Å². The Kier molecular flexibility index (Phi) is 5.11. The summed E-state index contributed by atoms with van der Waals surface area (Å²) in [6, 6.07) is 6.24. The Bertz CT molecular complexity index is 713. The number of halogens is 1. The van der Waals surface area contributed by atoms with Crippen LogP contribution in [0.15, 0.2) is 34.7 Å². The number of methoxy groups -OCH3 is 2. The Morgan fingerprint density at radius 2 is 2.09 bits per heavy atom. The fraction of sp³-hybridized carbons (Fsp3) is 0.200. The smallest absolute Gasteiger partial charge is 0.350 e. The predicted octanol–water partition coefficient (Wildman–Crippen LogP) is 3.52. The Labute approximate surface area is 131 Å². The number of benzene rings is 1. The van der Waals surface area contributed by atoms with E-state index in [0.717, 1.165) is 0 Å². The first-order valence-corrected chi connectivity index (χ1v) is 7.24. The Morgan fingerprint density at radius 1 is 1.32 bits per heavy atom. The molecule has 0 unspecified atom stereocenters. The maximum atomic E-state index is 14.0. The van der Waals surface area contributed by atoms with Gasteiger partial charge < -0.3 is 9.47 Å². The van der Waals surface area contributed by atoms with Gasteiger partial charge in [-0.1, -0.05) is 0 Å². The van der Waals surface area contributed by atoms with Crippen molar-refractivity contribution in [2.75, 3.05) is 19.6 Å². The van der Waals surface area contributed by atoms with Crippen molar-refractivity contribution in [2.45, 2.75) is 6.92 Å². The zero-order chi connectivity index (χ0) is 16.1. The zero-order valence-corrected chi connectivity index (χ0v) is 13.2.